The zero-order chi connectivity index (χ0) is 18.0. The summed E-state index contributed by atoms with van der Waals surface area (Å²) in [6.45, 7) is 11.0. The number of aliphatic hydroxyl groups excluding tert-OH is 1. The molecule has 0 aromatic carbocycles. The number of nitrogens with one attached hydrogen (secondary N) is 2. The minimum Gasteiger partial charge on any atom is -0.396 e. The third-order valence-corrected chi connectivity index (χ3v) is 6.07. The first kappa shape index (κ1) is 20.5. The van der Waals surface area contributed by atoms with Gasteiger partial charge >= 0.3 is 0 Å². The standard InChI is InChI=1S/C20H40N4O/c1-3-21-19(22-12-15-24-13-7-18(2)8-14-24)23-17-20(11-16-25)9-5-4-6-10-20/h18,25H,3-17H2,1-2H3,(H2,21,22,23). The highest BCUT2D eigenvalue weighted by Crippen LogP contribution is 2.39. The van der Waals surface area contributed by atoms with Crippen LogP contribution < -0.4 is 10.6 Å². The molecular formula is C20H40N4O. The third-order valence-electron chi connectivity index (χ3n) is 6.07. The first-order valence-corrected chi connectivity index (χ1v) is 10.5. The van der Waals surface area contributed by atoms with Gasteiger partial charge in [-0.1, -0.05) is 26.2 Å². The predicted octanol–water partition coefficient (Wildman–Crippen LogP) is 2.61. The Bertz CT molecular complexity index is 380. The van der Waals surface area contributed by atoms with Crippen molar-refractivity contribution in [1.82, 2.24) is 15.5 Å². The highest BCUT2D eigenvalue weighted by Gasteiger charge is 2.31. The van der Waals surface area contributed by atoms with E-state index in [1.165, 1.54) is 58.0 Å². The lowest BCUT2D eigenvalue weighted by Gasteiger charge is -2.36. The van der Waals surface area contributed by atoms with E-state index in [0.29, 0.717) is 0 Å². The van der Waals surface area contributed by atoms with Crippen molar-refractivity contribution in [3.63, 3.8) is 0 Å². The first-order chi connectivity index (χ1) is 12.2. The van der Waals surface area contributed by atoms with Gasteiger partial charge in [-0.15, -0.1) is 0 Å². The van der Waals surface area contributed by atoms with Gasteiger partial charge in [-0.25, -0.2) is 0 Å². The molecule has 1 aliphatic carbocycles. The van der Waals surface area contributed by atoms with E-state index in [1.54, 1.807) is 0 Å². The van der Waals surface area contributed by atoms with Crippen LogP contribution in [0.15, 0.2) is 4.99 Å². The Kier molecular flexibility index (Phi) is 9.04. The highest BCUT2D eigenvalue weighted by molar-refractivity contribution is 5.79. The number of rotatable bonds is 8. The number of guanidine groups is 1. The molecule has 1 heterocycles. The number of nitrogens with zero attached hydrogens (tertiary/aromatic N) is 2. The third kappa shape index (κ3) is 7.14. The zero-order valence-corrected chi connectivity index (χ0v) is 16.5. The molecule has 0 aromatic heterocycles. The largest absolute Gasteiger partial charge is 0.396 e. The Morgan fingerprint density at radius 3 is 2.52 bits per heavy atom. The summed E-state index contributed by atoms with van der Waals surface area (Å²) < 4.78 is 0. The summed E-state index contributed by atoms with van der Waals surface area (Å²) in [6.07, 6.45) is 9.88. The summed E-state index contributed by atoms with van der Waals surface area (Å²) >= 11 is 0. The van der Waals surface area contributed by atoms with E-state index in [2.05, 4.69) is 29.4 Å². The summed E-state index contributed by atoms with van der Waals surface area (Å²) in [7, 11) is 0. The molecule has 2 aliphatic rings. The van der Waals surface area contributed by atoms with Crippen molar-refractivity contribution in [1.29, 1.82) is 0 Å². The van der Waals surface area contributed by atoms with Gasteiger partial charge in [0, 0.05) is 32.8 Å². The fourth-order valence-electron chi connectivity index (χ4n) is 4.23. The molecule has 0 bridgehead atoms. The molecule has 1 saturated heterocycles. The average molecular weight is 353 g/mol. The van der Waals surface area contributed by atoms with Crippen LogP contribution in [0.2, 0.25) is 0 Å². The van der Waals surface area contributed by atoms with E-state index in [0.717, 1.165) is 44.5 Å². The molecule has 25 heavy (non-hydrogen) atoms. The Balaban J connectivity index is 1.80. The number of hydrogen-bond donors (Lipinski definition) is 3. The monoisotopic (exact) mass is 352 g/mol. The van der Waals surface area contributed by atoms with Gasteiger partial charge in [0.25, 0.3) is 0 Å². The molecule has 5 heteroatoms. The molecule has 5 nitrogen and oxygen atoms in total. The lowest BCUT2D eigenvalue weighted by atomic mass is 9.72. The molecule has 2 rings (SSSR count). The smallest absolute Gasteiger partial charge is 0.191 e. The summed E-state index contributed by atoms with van der Waals surface area (Å²) in [5.41, 5.74) is 0.221. The SMILES string of the molecule is CCNC(=NCC1(CCO)CCCCC1)NCCN1CCC(C)CC1. The normalized spacial score (nSPS) is 22.8. The van der Waals surface area contributed by atoms with Crippen molar-refractivity contribution in [3.05, 3.63) is 0 Å². The van der Waals surface area contributed by atoms with Gasteiger partial charge < -0.3 is 20.6 Å². The van der Waals surface area contributed by atoms with E-state index in [-0.39, 0.29) is 12.0 Å². The van der Waals surface area contributed by atoms with Crippen molar-refractivity contribution in [2.24, 2.45) is 16.3 Å². The molecule has 146 valence electrons. The van der Waals surface area contributed by atoms with Crippen LogP contribution >= 0.6 is 0 Å². The molecule has 0 unspecified atom stereocenters. The van der Waals surface area contributed by atoms with Crippen LogP contribution in [0.5, 0.6) is 0 Å². The molecule has 0 radical (unpaired) electrons. The first-order valence-electron chi connectivity index (χ1n) is 10.5. The number of aliphatic imine (C=N–C) groups is 1. The lowest BCUT2D eigenvalue weighted by Crippen LogP contribution is -2.44. The number of aliphatic hydroxyl groups is 1. The lowest BCUT2D eigenvalue weighted by molar-refractivity contribution is 0.137. The summed E-state index contributed by atoms with van der Waals surface area (Å²) in [5, 5.41) is 16.4. The molecule has 3 N–H and O–H groups in total. The van der Waals surface area contributed by atoms with Gasteiger partial charge in [0.05, 0.1) is 0 Å². The van der Waals surface area contributed by atoms with Gasteiger partial charge in [0.15, 0.2) is 5.96 Å². The van der Waals surface area contributed by atoms with Gasteiger partial charge in [0.1, 0.15) is 0 Å². The molecule has 2 fully saturated rings. The minimum atomic E-state index is 0.221. The van der Waals surface area contributed by atoms with Gasteiger partial charge in [-0.2, -0.15) is 0 Å². The van der Waals surface area contributed by atoms with Gasteiger partial charge in [0.2, 0.25) is 0 Å². The topological polar surface area (TPSA) is 59.9 Å². The van der Waals surface area contributed by atoms with Crippen molar-refractivity contribution < 1.29 is 5.11 Å². The maximum absolute atomic E-state index is 9.47. The van der Waals surface area contributed by atoms with Crippen molar-refractivity contribution in [2.45, 2.75) is 65.2 Å². The summed E-state index contributed by atoms with van der Waals surface area (Å²) in [4.78, 5) is 7.45. The van der Waals surface area contributed by atoms with E-state index < -0.39 is 0 Å². The maximum atomic E-state index is 9.47. The van der Waals surface area contributed by atoms with Gasteiger partial charge in [-0.05, 0) is 63.5 Å². The molecule has 0 amide bonds. The number of piperidine rings is 1. The van der Waals surface area contributed by atoms with Crippen molar-refractivity contribution in [2.75, 3.05) is 45.9 Å². The van der Waals surface area contributed by atoms with E-state index in [4.69, 9.17) is 4.99 Å². The van der Waals surface area contributed by atoms with Crippen molar-refractivity contribution in [3.8, 4) is 0 Å². The fraction of sp³-hybridized carbons (Fsp3) is 0.950. The van der Waals surface area contributed by atoms with E-state index in [9.17, 15) is 5.11 Å². The second-order valence-electron chi connectivity index (χ2n) is 8.18. The Morgan fingerprint density at radius 2 is 1.88 bits per heavy atom. The van der Waals surface area contributed by atoms with Crippen LogP contribution in [0.3, 0.4) is 0 Å². The van der Waals surface area contributed by atoms with Crippen LogP contribution in [-0.4, -0.2) is 61.8 Å². The molecular weight excluding hydrogens is 312 g/mol. The van der Waals surface area contributed by atoms with Crippen LogP contribution in [0.25, 0.3) is 0 Å². The van der Waals surface area contributed by atoms with Crippen LogP contribution in [0.4, 0.5) is 0 Å². The van der Waals surface area contributed by atoms with Crippen LogP contribution in [0.1, 0.15) is 65.2 Å². The predicted molar refractivity (Wildman–Crippen MR) is 106 cm³/mol. The van der Waals surface area contributed by atoms with E-state index in [1.807, 2.05) is 0 Å². The molecule has 0 aromatic rings. The Hall–Kier alpha value is -0.810. The second-order valence-corrected chi connectivity index (χ2v) is 8.18. The Labute approximate surface area is 154 Å². The fourth-order valence-corrected chi connectivity index (χ4v) is 4.23. The van der Waals surface area contributed by atoms with Crippen LogP contribution in [0, 0.1) is 11.3 Å². The summed E-state index contributed by atoms with van der Waals surface area (Å²) in [6, 6.07) is 0. The van der Waals surface area contributed by atoms with E-state index >= 15 is 0 Å². The molecule has 0 spiro atoms. The highest BCUT2D eigenvalue weighted by atomic mass is 16.3. The zero-order valence-electron chi connectivity index (χ0n) is 16.5. The van der Waals surface area contributed by atoms with Crippen LogP contribution in [-0.2, 0) is 0 Å². The molecule has 0 atom stereocenters. The maximum Gasteiger partial charge on any atom is 0.191 e. The minimum absolute atomic E-state index is 0.221. The quantitative estimate of drug-likeness (QED) is 0.464. The number of likely N-dealkylation sites (tertiary alicyclic amines) is 1. The summed E-state index contributed by atoms with van der Waals surface area (Å²) in [5.74, 6) is 1.83. The van der Waals surface area contributed by atoms with Gasteiger partial charge in [-0.3, -0.25) is 4.99 Å². The average Bonchev–Trinajstić information content (AvgIpc) is 2.62. The molecule has 1 aliphatic heterocycles. The molecule has 1 saturated carbocycles. The second kappa shape index (κ2) is 11.0. The Morgan fingerprint density at radius 1 is 1.16 bits per heavy atom. The number of hydrogen-bond acceptors (Lipinski definition) is 3. The van der Waals surface area contributed by atoms with Crippen molar-refractivity contribution >= 4 is 5.96 Å².